The van der Waals surface area contributed by atoms with Crippen LogP contribution in [0.25, 0.3) is 22.9 Å². The van der Waals surface area contributed by atoms with Crippen molar-refractivity contribution < 1.29 is 17.6 Å². The first-order valence-corrected chi connectivity index (χ1v) is 8.51. The van der Waals surface area contributed by atoms with Crippen LogP contribution in [0.15, 0.2) is 51.9 Å². The molecule has 0 saturated heterocycles. The Balaban J connectivity index is 1.95. The van der Waals surface area contributed by atoms with Crippen molar-refractivity contribution in [3.8, 4) is 28.8 Å². The van der Waals surface area contributed by atoms with Crippen LogP contribution in [-0.4, -0.2) is 37.0 Å². The molecule has 0 unspecified atom stereocenters. The van der Waals surface area contributed by atoms with E-state index in [9.17, 15) is 8.42 Å². The number of hydrogen-bond donors (Lipinski definition) is 0. The van der Waals surface area contributed by atoms with E-state index in [-0.39, 0.29) is 10.8 Å². The highest BCUT2D eigenvalue weighted by Gasteiger charge is 2.14. The van der Waals surface area contributed by atoms with Crippen LogP contribution in [0.2, 0.25) is 0 Å². The van der Waals surface area contributed by atoms with Gasteiger partial charge in [0.1, 0.15) is 0 Å². The van der Waals surface area contributed by atoms with Crippen molar-refractivity contribution in [3.05, 3.63) is 42.6 Å². The first-order chi connectivity index (χ1) is 11.0. The normalized spacial score (nSPS) is 11.4. The van der Waals surface area contributed by atoms with Gasteiger partial charge in [0.2, 0.25) is 17.7 Å². The summed E-state index contributed by atoms with van der Waals surface area (Å²) in [6, 6.07) is 9.78. The third kappa shape index (κ3) is 3.21. The Bertz CT molecular complexity index is 933. The van der Waals surface area contributed by atoms with Gasteiger partial charge in [-0.3, -0.25) is 0 Å². The molecule has 0 bridgehead atoms. The maximum atomic E-state index is 11.6. The van der Waals surface area contributed by atoms with Crippen molar-refractivity contribution in [3.63, 3.8) is 0 Å². The molecule has 118 valence electrons. The summed E-state index contributed by atoms with van der Waals surface area (Å²) in [4.78, 5) is 4.27. The van der Waals surface area contributed by atoms with Crippen molar-refractivity contribution in [1.29, 1.82) is 0 Å². The molecule has 0 aliphatic carbocycles. The molecule has 0 N–H and O–H groups in total. The van der Waals surface area contributed by atoms with Gasteiger partial charge in [-0.1, -0.05) is 6.07 Å². The van der Waals surface area contributed by atoms with Crippen molar-refractivity contribution in [1.82, 2.24) is 15.2 Å². The Morgan fingerprint density at radius 3 is 2.39 bits per heavy atom. The Hall–Kier alpha value is -2.74. The molecule has 3 rings (SSSR count). The second kappa shape index (κ2) is 5.81. The van der Waals surface area contributed by atoms with Gasteiger partial charge in [-0.25, -0.2) is 13.4 Å². The molecule has 1 aromatic carbocycles. The van der Waals surface area contributed by atoms with E-state index in [1.165, 1.54) is 19.2 Å². The summed E-state index contributed by atoms with van der Waals surface area (Å²) in [5.41, 5.74) is 1.18. The molecule has 0 aliphatic rings. The molecule has 0 amide bonds. The summed E-state index contributed by atoms with van der Waals surface area (Å²) in [6.07, 6.45) is 2.71. The fourth-order valence-electron chi connectivity index (χ4n) is 1.94. The first kappa shape index (κ1) is 15.2. The van der Waals surface area contributed by atoms with Crippen molar-refractivity contribution >= 4 is 9.84 Å². The second-order valence-corrected chi connectivity index (χ2v) is 6.82. The summed E-state index contributed by atoms with van der Waals surface area (Å²) >= 11 is 0. The van der Waals surface area contributed by atoms with Crippen LogP contribution in [-0.2, 0) is 9.84 Å². The standard InChI is InChI=1S/C15H13N3O4S/c1-21-13-7-6-11(9-16-13)15-18-17-14(22-15)10-4-3-5-12(8-10)23(2,19)20/h3-9H,1-2H3. The lowest BCUT2D eigenvalue weighted by molar-refractivity contribution is 0.398. The van der Waals surface area contributed by atoms with Crippen LogP contribution in [0.1, 0.15) is 0 Å². The molecule has 3 aromatic rings. The third-order valence-electron chi connectivity index (χ3n) is 3.13. The zero-order chi connectivity index (χ0) is 16.4. The van der Waals surface area contributed by atoms with E-state index in [2.05, 4.69) is 15.2 Å². The molecule has 0 atom stereocenters. The minimum Gasteiger partial charge on any atom is -0.481 e. The number of benzene rings is 1. The van der Waals surface area contributed by atoms with Gasteiger partial charge in [-0.2, -0.15) is 0 Å². The number of rotatable bonds is 4. The number of methoxy groups -OCH3 is 1. The van der Waals surface area contributed by atoms with Gasteiger partial charge in [0.25, 0.3) is 0 Å². The average molecular weight is 331 g/mol. The van der Waals surface area contributed by atoms with Crippen molar-refractivity contribution in [2.45, 2.75) is 4.90 Å². The Morgan fingerprint density at radius 2 is 1.78 bits per heavy atom. The number of nitrogens with zero attached hydrogens (tertiary/aromatic N) is 3. The molecule has 2 aromatic heterocycles. The van der Waals surface area contributed by atoms with E-state index >= 15 is 0 Å². The SMILES string of the molecule is COc1ccc(-c2nnc(-c3cccc(S(C)(=O)=O)c3)o2)cn1. The lowest BCUT2D eigenvalue weighted by Crippen LogP contribution is -1.96. The molecule has 0 spiro atoms. The van der Waals surface area contributed by atoms with Crippen LogP contribution in [0.3, 0.4) is 0 Å². The molecule has 0 aliphatic heterocycles. The summed E-state index contributed by atoms with van der Waals surface area (Å²) in [5.74, 6) is 1.01. The molecular formula is C15H13N3O4S. The van der Waals surface area contributed by atoms with E-state index < -0.39 is 9.84 Å². The zero-order valence-electron chi connectivity index (χ0n) is 12.4. The lowest BCUT2D eigenvalue weighted by Gasteiger charge is -2.00. The fourth-order valence-corrected chi connectivity index (χ4v) is 2.61. The van der Waals surface area contributed by atoms with E-state index in [4.69, 9.17) is 9.15 Å². The van der Waals surface area contributed by atoms with Crippen LogP contribution >= 0.6 is 0 Å². The maximum Gasteiger partial charge on any atom is 0.249 e. The van der Waals surface area contributed by atoms with Crippen LogP contribution < -0.4 is 4.74 Å². The van der Waals surface area contributed by atoms with Crippen molar-refractivity contribution in [2.24, 2.45) is 0 Å². The molecular weight excluding hydrogens is 318 g/mol. The molecule has 0 radical (unpaired) electrons. The smallest absolute Gasteiger partial charge is 0.249 e. The van der Waals surface area contributed by atoms with Crippen molar-refractivity contribution in [2.75, 3.05) is 13.4 Å². The van der Waals surface area contributed by atoms with Gasteiger partial charge >= 0.3 is 0 Å². The van der Waals surface area contributed by atoms with Gasteiger partial charge in [0.15, 0.2) is 9.84 Å². The van der Waals surface area contributed by atoms with Gasteiger partial charge in [-0.05, 0) is 24.3 Å². The number of aromatic nitrogens is 3. The predicted octanol–water partition coefficient (Wildman–Crippen LogP) is 2.21. The molecule has 8 heteroatoms. The summed E-state index contributed by atoms with van der Waals surface area (Å²) < 4.78 is 33.8. The Labute approximate surface area is 132 Å². The Morgan fingerprint density at radius 1 is 1.04 bits per heavy atom. The van der Waals surface area contributed by atoms with E-state index in [1.54, 1.807) is 30.5 Å². The van der Waals surface area contributed by atoms with Crippen LogP contribution in [0, 0.1) is 0 Å². The van der Waals surface area contributed by atoms with E-state index in [1.807, 2.05) is 0 Å². The highest BCUT2D eigenvalue weighted by Crippen LogP contribution is 2.25. The van der Waals surface area contributed by atoms with Crippen LogP contribution in [0.5, 0.6) is 5.88 Å². The molecule has 0 saturated carbocycles. The quantitative estimate of drug-likeness (QED) is 0.723. The summed E-state index contributed by atoms with van der Waals surface area (Å²) in [7, 11) is -1.77. The first-order valence-electron chi connectivity index (χ1n) is 6.62. The Kier molecular flexibility index (Phi) is 3.83. The maximum absolute atomic E-state index is 11.6. The van der Waals surface area contributed by atoms with Gasteiger partial charge in [0, 0.05) is 24.1 Å². The lowest BCUT2D eigenvalue weighted by atomic mass is 10.2. The predicted molar refractivity (Wildman–Crippen MR) is 82.6 cm³/mol. The van der Waals surface area contributed by atoms with Crippen LogP contribution in [0.4, 0.5) is 0 Å². The van der Waals surface area contributed by atoms with Gasteiger partial charge < -0.3 is 9.15 Å². The monoisotopic (exact) mass is 331 g/mol. The van der Waals surface area contributed by atoms with E-state index in [0.717, 1.165) is 6.26 Å². The average Bonchev–Trinajstić information content (AvgIpc) is 3.04. The molecule has 2 heterocycles. The fraction of sp³-hybridized carbons (Fsp3) is 0.133. The minimum absolute atomic E-state index is 0.195. The highest BCUT2D eigenvalue weighted by molar-refractivity contribution is 7.90. The summed E-state index contributed by atoms with van der Waals surface area (Å²) in [6.45, 7) is 0. The van der Waals surface area contributed by atoms with Gasteiger partial charge in [0.05, 0.1) is 17.6 Å². The highest BCUT2D eigenvalue weighted by atomic mass is 32.2. The number of sulfone groups is 1. The van der Waals surface area contributed by atoms with E-state index in [0.29, 0.717) is 22.9 Å². The second-order valence-electron chi connectivity index (χ2n) is 4.80. The van der Waals surface area contributed by atoms with Gasteiger partial charge in [-0.15, -0.1) is 10.2 Å². The summed E-state index contributed by atoms with van der Waals surface area (Å²) in [5, 5.41) is 7.92. The number of ether oxygens (including phenoxy) is 1. The zero-order valence-corrected chi connectivity index (χ0v) is 13.2. The molecule has 0 fully saturated rings. The molecule has 23 heavy (non-hydrogen) atoms. The molecule has 7 nitrogen and oxygen atoms in total. The number of hydrogen-bond acceptors (Lipinski definition) is 7. The topological polar surface area (TPSA) is 95.2 Å². The number of pyridine rings is 1. The minimum atomic E-state index is -3.30. The third-order valence-corrected chi connectivity index (χ3v) is 4.24. The largest absolute Gasteiger partial charge is 0.481 e.